The predicted octanol–water partition coefficient (Wildman–Crippen LogP) is 7.66. The third kappa shape index (κ3) is 10.8. The van der Waals surface area contributed by atoms with E-state index in [9.17, 15) is 14.7 Å². The average Bonchev–Trinajstić information content (AvgIpc) is 2.73. The fraction of sp³-hybridized carbons (Fsp3) is 0.692. The Balaban J connectivity index is 2.24. The first-order chi connectivity index (χ1) is 14.5. The highest BCUT2D eigenvalue weighted by Gasteiger charge is 2.22. The molecule has 0 saturated heterocycles. The molecule has 0 bridgehead atoms. The molecule has 1 rings (SSSR count). The number of esters is 1. The summed E-state index contributed by atoms with van der Waals surface area (Å²) in [5.41, 5.74) is 0.126. The molecule has 1 unspecified atom stereocenters. The highest BCUT2D eigenvalue weighted by Crippen LogP contribution is 2.20. The van der Waals surface area contributed by atoms with Gasteiger partial charge in [-0.15, -0.1) is 0 Å². The number of carboxylic acid groups (broad SMARTS) is 1. The van der Waals surface area contributed by atoms with Gasteiger partial charge in [-0.25, -0.2) is 9.59 Å². The van der Waals surface area contributed by atoms with Crippen molar-refractivity contribution in [2.75, 3.05) is 0 Å². The van der Waals surface area contributed by atoms with Crippen molar-refractivity contribution in [1.29, 1.82) is 0 Å². The summed E-state index contributed by atoms with van der Waals surface area (Å²) in [6.45, 7) is 6.34. The van der Waals surface area contributed by atoms with E-state index >= 15 is 0 Å². The molecule has 4 nitrogen and oxygen atoms in total. The SMILES string of the molecule is CCCCCCCCCCCCCCC(OC(=O)c1ccccc1C(=O)O)C(C)C. The Kier molecular flexibility index (Phi) is 13.9. The molecule has 0 aliphatic rings. The lowest BCUT2D eigenvalue weighted by molar-refractivity contribution is 0.0147. The van der Waals surface area contributed by atoms with E-state index < -0.39 is 11.9 Å². The van der Waals surface area contributed by atoms with Crippen LogP contribution in [0, 0.1) is 5.92 Å². The van der Waals surface area contributed by atoms with E-state index in [0.717, 1.165) is 19.3 Å². The van der Waals surface area contributed by atoms with Crippen LogP contribution in [0.2, 0.25) is 0 Å². The van der Waals surface area contributed by atoms with Crippen LogP contribution < -0.4 is 0 Å². The van der Waals surface area contributed by atoms with E-state index in [1.165, 1.54) is 76.3 Å². The number of hydrogen-bond acceptors (Lipinski definition) is 3. The maximum absolute atomic E-state index is 12.5. The van der Waals surface area contributed by atoms with Crippen LogP contribution in [0.5, 0.6) is 0 Å². The predicted molar refractivity (Wildman–Crippen MR) is 123 cm³/mol. The quantitative estimate of drug-likeness (QED) is 0.208. The monoisotopic (exact) mass is 418 g/mol. The lowest BCUT2D eigenvalue weighted by Crippen LogP contribution is -2.24. The molecule has 0 radical (unpaired) electrons. The molecule has 4 heteroatoms. The zero-order chi connectivity index (χ0) is 22.2. The van der Waals surface area contributed by atoms with Gasteiger partial charge >= 0.3 is 11.9 Å². The number of carbonyl (C=O) groups is 2. The standard InChI is InChI=1S/C26H42O4/c1-4-5-6-7-8-9-10-11-12-13-14-15-20-24(21(2)3)30-26(29)23-19-17-16-18-22(23)25(27)28/h16-19,21,24H,4-15,20H2,1-3H3,(H,27,28). The van der Waals surface area contributed by atoms with Crippen LogP contribution in [-0.2, 0) is 4.74 Å². The molecule has 0 fully saturated rings. The van der Waals surface area contributed by atoms with E-state index in [-0.39, 0.29) is 23.1 Å². The van der Waals surface area contributed by atoms with Crippen LogP contribution in [0.15, 0.2) is 24.3 Å². The summed E-state index contributed by atoms with van der Waals surface area (Å²) in [7, 11) is 0. The van der Waals surface area contributed by atoms with Gasteiger partial charge in [0, 0.05) is 0 Å². The van der Waals surface area contributed by atoms with E-state index in [2.05, 4.69) is 6.92 Å². The topological polar surface area (TPSA) is 63.6 Å². The molecule has 0 aliphatic heterocycles. The Morgan fingerprint density at radius 2 is 1.27 bits per heavy atom. The number of aromatic carboxylic acids is 1. The van der Waals surface area contributed by atoms with Crippen LogP contribution in [0.1, 0.15) is 125 Å². The largest absolute Gasteiger partial charge is 0.478 e. The summed E-state index contributed by atoms with van der Waals surface area (Å²) in [6.07, 6.45) is 16.2. The third-order valence-electron chi connectivity index (χ3n) is 5.72. The van der Waals surface area contributed by atoms with E-state index in [1.807, 2.05) is 13.8 Å². The molecule has 0 amide bonds. The average molecular weight is 419 g/mol. The molecule has 0 spiro atoms. The van der Waals surface area contributed by atoms with Gasteiger partial charge in [0.1, 0.15) is 6.10 Å². The summed E-state index contributed by atoms with van der Waals surface area (Å²) in [4.78, 5) is 23.9. The third-order valence-corrected chi connectivity index (χ3v) is 5.72. The van der Waals surface area contributed by atoms with Gasteiger partial charge in [0.15, 0.2) is 0 Å². The van der Waals surface area contributed by atoms with Crippen molar-refractivity contribution in [2.45, 2.75) is 110 Å². The fourth-order valence-corrected chi connectivity index (χ4v) is 3.76. The highest BCUT2D eigenvalue weighted by molar-refractivity contribution is 6.02. The summed E-state index contributed by atoms with van der Waals surface area (Å²) >= 11 is 0. The van der Waals surface area contributed by atoms with Gasteiger partial charge in [0.05, 0.1) is 11.1 Å². The van der Waals surface area contributed by atoms with Crippen LogP contribution in [0.4, 0.5) is 0 Å². The van der Waals surface area contributed by atoms with Gasteiger partial charge < -0.3 is 9.84 Å². The molecular weight excluding hydrogens is 376 g/mol. The molecule has 0 aliphatic carbocycles. The molecule has 0 saturated carbocycles. The van der Waals surface area contributed by atoms with Crippen molar-refractivity contribution in [1.82, 2.24) is 0 Å². The second-order valence-electron chi connectivity index (χ2n) is 8.72. The number of benzene rings is 1. The summed E-state index contributed by atoms with van der Waals surface area (Å²) < 4.78 is 5.69. The maximum Gasteiger partial charge on any atom is 0.339 e. The van der Waals surface area contributed by atoms with Crippen LogP contribution in [0.3, 0.4) is 0 Å². The fourth-order valence-electron chi connectivity index (χ4n) is 3.76. The Morgan fingerprint density at radius 1 is 0.800 bits per heavy atom. The van der Waals surface area contributed by atoms with Gasteiger partial charge in [0.2, 0.25) is 0 Å². The van der Waals surface area contributed by atoms with Crippen LogP contribution in [-0.4, -0.2) is 23.1 Å². The van der Waals surface area contributed by atoms with Crippen molar-refractivity contribution < 1.29 is 19.4 Å². The Hall–Kier alpha value is -1.84. The highest BCUT2D eigenvalue weighted by atomic mass is 16.5. The molecule has 1 aromatic rings. The molecule has 0 heterocycles. The zero-order valence-corrected chi connectivity index (χ0v) is 19.3. The first-order valence-electron chi connectivity index (χ1n) is 12.0. The van der Waals surface area contributed by atoms with E-state index in [0.29, 0.717) is 0 Å². The first-order valence-corrected chi connectivity index (χ1v) is 12.0. The maximum atomic E-state index is 12.5. The molecule has 0 aromatic heterocycles. The molecule has 30 heavy (non-hydrogen) atoms. The molecule has 1 N–H and O–H groups in total. The molecule has 1 aromatic carbocycles. The molecule has 1 atom stereocenters. The number of rotatable bonds is 17. The van der Waals surface area contributed by atoms with Gasteiger partial charge in [0.25, 0.3) is 0 Å². The van der Waals surface area contributed by atoms with Crippen molar-refractivity contribution in [3.8, 4) is 0 Å². The van der Waals surface area contributed by atoms with E-state index in [4.69, 9.17) is 4.74 Å². The lowest BCUT2D eigenvalue weighted by Gasteiger charge is -2.22. The van der Waals surface area contributed by atoms with Crippen molar-refractivity contribution in [3.63, 3.8) is 0 Å². The number of ether oxygens (including phenoxy) is 1. The van der Waals surface area contributed by atoms with Crippen LogP contribution >= 0.6 is 0 Å². The smallest absolute Gasteiger partial charge is 0.339 e. The number of carbonyl (C=O) groups excluding carboxylic acids is 1. The molecular formula is C26H42O4. The van der Waals surface area contributed by atoms with Gasteiger partial charge in [-0.1, -0.05) is 104 Å². The molecule has 170 valence electrons. The zero-order valence-electron chi connectivity index (χ0n) is 19.3. The first kappa shape index (κ1) is 26.2. The Morgan fingerprint density at radius 3 is 1.73 bits per heavy atom. The number of carboxylic acids is 1. The normalized spacial score (nSPS) is 12.1. The summed E-state index contributed by atoms with van der Waals surface area (Å²) in [5.74, 6) is -1.44. The lowest BCUT2D eigenvalue weighted by atomic mass is 9.99. The van der Waals surface area contributed by atoms with Crippen LogP contribution in [0.25, 0.3) is 0 Å². The minimum Gasteiger partial charge on any atom is -0.478 e. The second kappa shape index (κ2) is 15.9. The minimum atomic E-state index is -1.11. The summed E-state index contributed by atoms with van der Waals surface area (Å²) in [6, 6.07) is 6.24. The van der Waals surface area contributed by atoms with Gasteiger partial charge in [-0.2, -0.15) is 0 Å². The van der Waals surface area contributed by atoms with Gasteiger partial charge in [-0.3, -0.25) is 0 Å². The van der Waals surface area contributed by atoms with Crippen molar-refractivity contribution in [3.05, 3.63) is 35.4 Å². The van der Waals surface area contributed by atoms with Crippen molar-refractivity contribution in [2.24, 2.45) is 5.92 Å². The summed E-state index contributed by atoms with van der Waals surface area (Å²) in [5, 5.41) is 9.28. The number of unbranched alkanes of at least 4 members (excludes halogenated alkanes) is 11. The Bertz CT molecular complexity index is 609. The van der Waals surface area contributed by atoms with Crippen molar-refractivity contribution >= 4 is 11.9 Å². The van der Waals surface area contributed by atoms with Gasteiger partial charge in [-0.05, 0) is 30.9 Å². The second-order valence-corrected chi connectivity index (χ2v) is 8.72. The minimum absolute atomic E-state index is 0.00429. The van der Waals surface area contributed by atoms with E-state index in [1.54, 1.807) is 12.1 Å². The number of hydrogen-bond donors (Lipinski definition) is 1. The Labute approximate surface area is 183 Å².